The first-order valence-electron chi connectivity index (χ1n) is 9.49. The van der Waals surface area contributed by atoms with Crippen molar-refractivity contribution >= 4 is 28.5 Å². The molecule has 1 aromatic carbocycles. The Morgan fingerprint density at radius 3 is 2.71 bits per heavy atom. The van der Waals surface area contributed by atoms with Crippen LogP contribution in [0.25, 0.3) is 10.9 Å². The van der Waals surface area contributed by atoms with Crippen molar-refractivity contribution in [3.63, 3.8) is 0 Å². The lowest BCUT2D eigenvalue weighted by Crippen LogP contribution is -2.33. The maximum absolute atomic E-state index is 5.46. The third kappa shape index (κ3) is 6.61. The molecule has 1 heterocycles. The third-order valence-electron chi connectivity index (χ3n) is 4.03. The number of ether oxygens (including phenoxy) is 1. The Balaban J connectivity index is 1.97. The van der Waals surface area contributed by atoms with E-state index >= 15 is 0 Å². The number of guanidine groups is 2. The first kappa shape index (κ1) is 21.3. The molecule has 0 radical (unpaired) electrons. The number of hydrogen-bond donors (Lipinski definition) is 4. The van der Waals surface area contributed by atoms with Crippen LogP contribution in [-0.4, -0.2) is 42.6 Å². The molecule has 0 spiro atoms. The van der Waals surface area contributed by atoms with Crippen molar-refractivity contribution in [2.24, 2.45) is 21.5 Å². The van der Waals surface area contributed by atoms with E-state index in [9.17, 15) is 0 Å². The van der Waals surface area contributed by atoms with Gasteiger partial charge in [-0.05, 0) is 45.7 Å². The standard InChI is InChI=1S/C20H31N7O/c1-13(2)25-20(27-19(21)22)24-10-5-7-14(3)26-17-12-16(28-4)11-15-8-6-9-23-18(15)17/h6,8-9,11-14,26H,5,7,10H2,1-4H3,(H5,21,22,24,25,27)/t14-/m0/s1. The first-order valence-corrected chi connectivity index (χ1v) is 9.49. The fourth-order valence-corrected chi connectivity index (χ4v) is 2.81. The van der Waals surface area contributed by atoms with Gasteiger partial charge in [-0.15, -0.1) is 0 Å². The summed E-state index contributed by atoms with van der Waals surface area (Å²) in [5.41, 5.74) is 12.8. The van der Waals surface area contributed by atoms with E-state index in [1.54, 1.807) is 13.3 Å². The van der Waals surface area contributed by atoms with Gasteiger partial charge in [-0.2, -0.15) is 4.99 Å². The highest BCUT2D eigenvalue weighted by molar-refractivity contribution is 5.93. The van der Waals surface area contributed by atoms with Crippen molar-refractivity contribution in [2.75, 3.05) is 19.0 Å². The molecule has 2 rings (SSSR count). The second kappa shape index (κ2) is 10.3. The van der Waals surface area contributed by atoms with Gasteiger partial charge in [0.05, 0.1) is 18.3 Å². The highest BCUT2D eigenvalue weighted by Gasteiger charge is 2.09. The molecule has 0 unspecified atom stereocenters. The molecule has 0 aliphatic carbocycles. The Bertz CT molecular complexity index is 828. The number of pyridine rings is 1. The molecule has 152 valence electrons. The number of aliphatic imine (C=N–C) groups is 2. The van der Waals surface area contributed by atoms with Crippen molar-refractivity contribution < 1.29 is 4.74 Å². The molecule has 0 aliphatic rings. The SMILES string of the molecule is COc1cc(N[C@@H](C)CCCN=C(N=C(N)N)NC(C)C)c2ncccc2c1. The Morgan fingerprint density at radius 1 is 1.25 bits per heavy atom. The van der Waals surface area contributed by atoms with Crippen LogP contribution in [0.2, 0.25) is 0 Å². The van der Waals surface area contributed by atoms with Gasteiger partial charge in [0.15, 0.2) is 5.96 Å². The summed E-state index contributed by atoms with van der Waals surface area (Å²) in [6.07, 6.45) is 3.63. The van der Waals surface area contributed by atoms with Crippen LogP contribution < -0.4 is 26.8 Å². The number of hydrogen-bond acceptors (Lipinski definition) is 4. The number of rotatable bonds is 8. The highest BCUT2D eigenvalue weighted by Crippen LogP contribution is 2.28. The van der Waals surface area contributed by atoms with Gasteiger partial charge in [0.1, 0.15) is 5.75 Å². The second-order valence-electron chi connectivity index (χ2n) is 6.98. The molecule has 0 bridgehead atoms. The van der Waals surface area contributed by atoms with Crippen LogP contribution in [0.1, 0.15) is 33.6 Å². The summed E-state index contributed by atoms with van der Waals surface area (Å²) in [5.74, 6) is 1.28. The van der Waals surface area contributed by atoms with Gasteiger partial charge in [0.25, 0.3) is 0 Å². The molecule has 0 fully saturated rings. The number of nitrogens with zero attached hydrogens (tertiary/aromatic N) is 3. The number of fused-ring (bicyclic) bond motifs is 1. The van der Waals surface area contributed by atoms with Crippen molar-refractivity contribution in [1.82, 2.24) is 10.3 Å². The van der Waals surface area contributed by atoms with Gasteiger partial charge in [-0.1, -0.05) is 6.07 Å². The molecule has 1 atom stereocenters. The molecule has 6 N–H and O–H groups in total. The number of methoxy groups -OCH3 is 1. The average Bonchev–Trinajstić information content (AvgIpc) is 2.64. The first-order chi connectivity index (χ1) is 13.4. The fraction of sp³-hybridized carbons (Fsp3) is 0.450. The van der Waals surface area contributed by atoms with Crippen LogP contribution in [-0.2, 0) is 0 Å². The monoisotopic (exact) mass is 385 g/mol. The minimum atomic E-state index is -0.000613. The molecular formula is C20H31N7O. The smallest absolute Gasteiger partial charge is 0.221 e. The van der Waals surface area contributed by atoms with Crippen molar-refractivity contribution in [2.45, 2.75) is 45.7 Å². The summed E-state index contributed by atoms with van der Waals surface area (Å²) >= 11 is 0. The molecule has 8 nitrogen and oxygen atoms in total. The molecule has 2 aromatic rings. The van der Waals surface area contributed by atoms with Crippen LogP contribution in [0.4, 0.5) is 5.69 Å². The van der Waals surface area contributed by atoms with E-state index in [1.807, 2.05) is 38.1 Å². The predicted molar refractivity (Wildman–Crippen MR) is 117 cm³/mol. The summed E-state index contributed by atoms with van der Waals surface area (Å²) < 4.78 is 5.41. The van der Waals surface area contributed by atoms with E-state index in [4.69, 9.17) is 16.2 Å². The Kier molecular flexibility index (Phi) is 7.86. The number of nitrogens with one attached hydrogen (secondary N) is 2. The largest absolute Gasteiger partial charge is 0.497 e. The van der Waals surface area contributed by atoms with Gasteiger partial charge in [0.2, 0.25) is 5.96 Å². The van der Waals surface area contributed by atoms with Gasteiger partial charge in [0, 0.05) is 36.3 Å². The lowest BCUT2D eigenvalue weighted by atomic mass is 10.1. The maximum Gasteiger partial charge on any atom is 0.221 e. The lowest BCUT2D eigenvalue weighted by Gasteiger charge is -2.17. The predicted octanol–water partition coefficient (Wildman–Crippen LogP) is 2.45. The van der Waals surface area contributed by atoms with Gasteiger partial charge in [-0.25, -0.2) is 0 Å². The summed E-state index contributed by atoms with van der Waals surface area (Å²) in [7, 11) is 1.67. The zero-order valence-electron chi connectivity index (χ0n) is 17.1. The zero-order chi connectivity index (χ0) is 20.5. The molecule has 0 amide bonds. The highest BCUT2D eigenvalue weighted by atomic mass is 16.5. The van der Waals surface area contributed by atoms with Crippen molar-refractivity contribution in [3.05, 3.63) is 30.5 Å². The van der Waals surface area contributed by atoms with Crippen LogP contribution in [0.3, 0.4) is 0 Å². The summed E-state index contributed by atoms with van der Waals surface area (Å²) in [5, 5.41) is 7.72. The van der Waals surface area contributed by atoms with Crippen molar-refractivity contribution in [3.8, 4) is 5.75 Å². The van der Waals surface area contributed by atoms with Crippen LogP contribution in [0.15, 0.2) is 40.4 Å². The molecule has 0 saturated carbocycles. The fourth-order valence-electron chi connectivity index (χ4n) is 2.81. The van der Waals surface area contributed by atoms with E-state index in [1.165, 1.54) is 0 Å². The van der Waals surface area contributed by atoms with E-state index in [-0.39, 0.29) is 18.0 Å². The van der Waals surface area contributed by atoms with E-state index in [2.05, 4.69) is 32.5 Å². The molecule has 1 aromatic heterocycles. The van der Waals surface area contributed by atoms with Crippen LogP contribution in [0.5, 0.6) is 5.75 Å². The molecule has 8 heteroatoms. The molecular weight excluding hydrogens is 354 g/mol. The summed E-state index contributed by atoms with van der Waals surface area (Å²) in [6, 6.07) is 8.37. The number of benzene rings is 1. The van der Waals surface area contributed by atoms with Crippen LogP contribution >= 0.6 is 0 Å². The van der Waals surface area contributed by atoms with Gasteiger partial charge >= 0.3 is 0 Å². The average molecular weight is 386 g/mol. The quantitative estimate of drug-likeness (QED) is 0.314. The lowest BCUT2D eigenvalue weighted by molar-refractivity contribution is 0.415. The minimum absolute atomic E-state index is 0.000613. The minimum Gasteiger partial charge on any atom is -0.497 e. The molecule has 28 heavy (non-hydrogen) atoms. The Morgan fingerprint density at radius 2 is 2.04 bits per heavy atom. The van der Waals surface area contributed by atoms with E-state index < -0.39 is 0 Å². The molecule has 0 aliphatic heterocycles. The summed E-state index contributed by atoms with van der Waals surface area (Å²) in [4.78, 5) is 13.0. The number of aromatic nitrogens is 1. The topological polar surface area (TPSA) is 123 Å². The number of anilines is 1. The maximum atomic E-state index is 5.46. The third-order valence-corrected chi connectivity index (χ3v) is 4.03. The van der Waals surface area contributed by atoms with E-state index in [0.29, 0.717) is 12.5 Å². The second-order valence-corrected chi connectivity index (χ2v) is 6.98. The van der Waals surface area contributed by atoms with Gasteiger partial charge in [-0.3, -0.25) is 9.98 Å². The zero-order valence-corrected chi connectivity index (χ0v) is 17.1. The Hall–Kier alpha value is -3.03. The van der Waals surface area contributed by atoms with Crippen LogP contribution in [0, 0.1) is 0 Å². The van der Waals surface area contributed by atoms with Crippen molar-refractivity contribution in [1.29, 1.82) is 0 Å². The Labute approximate surface area is 166 Å². The number of nitrogens with two attached hydrogens (primary N) is 2. The summed E-state index contributed by atoms with van der Waals surface area (Å²) in [6.45, 7) is 6.79. The van der Waals surface area contributed by atoms with Gasteiger partial charge < -0.3 is 26.8 Å². The molecule has 0 saturated heterocycles. The van der Waals surface area contributed by atoms with E-state index in [0.717, 1.165) is 35.2 Å². The normalized spacial score (nSPS) is 12.7.